The number of allylic oxidation sites excluding steroid dienone is 3. The number of hydrogen-bond donors (Lipinski definition) is 1. The van der Waals surface area contributed by atoms with Crippen molar-refractivity contribution in [2.24, 2.45) is 0 Å². The smallest absolute Gasteiger partial charge is 0.416 e. The molecule has 134 valence electrons. The summed E-state index contributed by atoms with van der Waals surface area (Å²) in [6, 6.07) is 4.31. The van der Waals surface area contributed by atoms with E-state index in [1.807, 2.05) is 0 Å². The Morgan fingerprint density at radius 1 is 1.24 bits per heavy atom. The standard InChI is InChI=1S/C16H15F3N2O4/c1-8-12(15(22)23)13(14(21(24)25)9(2)20(8)3)10-6-4-5-7-11(10)16(17,18)19/h4-7,13H,1-3H3,(H,22,23). The van der Waals surface area contributed by atoms with Crippen molar-refractivity contribution in [2.45, 2.75) is 25.9 Å². The molecule has 1 unspecified atom stereocenters. The van der Waals surface area contributed by atoms with Gasteiger partial charge in [0, 0.05) is 12.7 Å². The van der Waals surface area contributed by atoms with E-state index in [0.717, 1.165) is 18.2 Å². The summed E-state index contributed by atoms with van der Waals surface area (Å²) < 4.78 is 40.1. The van der Waals surface area contributed by atoms with Crippen molar-refractivity contribution in [2.75, 3.05) is 7.05 Å². The fraction of sp³-hybridized carbons (Fsp3) is 0.312. The zero-order valence-corrected chi connectivity index (χ0v) is 13.6. The summed E-state index contributed by atoms with van der Waals surface area (Å²) in [6.45, 7) is 2.79. The Morgan fingerprint density at radius 2 is 1.80 bits per heavy atom. The molecule has 1 aliphatic heterocycles. The molecule has 1 heterocycles. The average molecular weight is 356 g/mol. The van der Waals surface area contributed by atoms with Crippen LogP contribution in [0.25, 0.3) is 0 Å². The van der Waals surface area contributed by atoms with Crippen LogP contribution in [0.3, 0.4) is 0 Å². The molecule has 0 saturated carbocycles. The van der Waals surface area contributed by atoms with Gasteiger partial charge in [-0.1, -0.05) is 18.2 Å². The number of carboxylic acids is 1. The van der Waals surface area contributed by atoms with Gasteiger partial charge in [-0.15, -0.1) is 0 Å². The quantitative estimate of drug-likeness (QED) is 0.661. The average Bonchev–Trinajstić information content (AvgIpc) is 2.50. The molecule has 0 bridgehead atoms. The Kier molecular flexibility index (Phi) is 4.61. The van der Waals surface area contributed by atoms with Gasteiger partial charge in [-0.05, 0) is 25.5 Å². The highest BCUT2D eigenvalue weighted by Gasteiger charge is 2.46. The Hall–Kier alpha value is -2.84. The number of carboxylic acid groups (broad SMARTS) is 1. The highest BCUT2D eigenvalue weighted by atomic mass is 19.4. The summed E-state index contributed by atoms with van der Waals surface area (Å²) in [7, 11) is 1.43. The van der Waals surface area contributed by atoms with E-state index in [4.69, 9.17) is 0 Å². The first-order valence-electron chi connectivity index (χ1n) is 7.17. The second-order valence-electron chi connectivity index (χ2n) is 5.61. The fourth-order valence-electron chi connectivity index (χ4n) is 2.98. The van der Waals surface area contributed by atoms with Gasteiger partial charge in [-0.2, -0.15) is 13.2 Å². The minimum atomic E-state index is -4.77. The molecule has 1 aromatic rings. The van der Waals surface area contributed by atoms with Crippen molar-refractivity contribution in [3.63, 3.8) is 0 Å². The second kappa shape index (κ2) is 6.23. The maximum Gasteiger partial charge on any atom is 0.416 e. The lowest BCUT2D eigenvalue weighted by molar-refractivity contribution is -0.431. The van der Waals surface area contributed by atoms with Gasteiger partial charge < -0.3 is 10.0 Å². The van der Waals surface area contributed by atoms with Crippen molar-refractivity contribution < 1.29 is 28.0 Å². The van der Waals surface area contributed by atoms with Crippen molar-refractivity contribution in [3.8, 4) is 0 Å². The van der Waals surface area contributed by atoms with Crippen LogP contribution in [0.1, 0.15) is 30.9 Å². The summed E-state index contributed by atoms with van der Waals surface area (Å²) in [6.07, 6.45) is -4.77. The van der Waals surface area contributed by atoms with Gasteiger partial charge in [-0.3, -0.25) is 10.1 Å². The van der Waals surface area contributed by atoms with Crippen molar-refractivity contribution in [3.05, 3.63) is 68.2 Å². The molecule has 1 aliphatic rings. The second-order valence-corrected chi connectivity index (χ2v) is 5.61. The molecule has 0 aliphatic carbocycles. The van der Waals surface area contributed by atoms with Crippen LogP contribution < -0.4 is 0 Å². The Morgan fingerprint density at radius 3 is 2.28 bits per heavy atom. The molecule has 1 aromatic carbocycles. The summed E-state index contributed by atoms with van der Waals surface area (Å²) in [5.74, 6) is -3.13. The van der Waals surface area contributed by atoms with Gasteiger partial charge in [0.05, 0.1) is 21.8 Å². The van der Waals surface area contributed by atoms with Crippen LogP contribution in [0.15, 0.2) is 46.9 Å². The highest BCUT2D eigenvalue weighted by molar-refractivity contribution is 5.91. The topological polar surface area (TPSA) is 83.7 Å². The number of alkyl halides is 3. The van der Waals surface area contributed by atoms with E-state index in [-0.39, 0.29) is 11.4 Å². The third kappa shape index (κ3) is 3.09. The van der Waals surface area contributed by atoms with Gasteiger partial charge in [-0.25, -0.2) is 4.79 Å². The molecule has 0 amide bonds. The molecule has 0 fully saturated rings. The lowest BCUT2D eigenvalue weighted by atomic mass is 9.81. The highest BCUT2D eigenvalue weighted by Crippen LogP contribution is 2.45. The zero-order valence-electron chi connectivity index (χ0n) is 13.6. The first-order valence-corrected chi connectivity index (χ1v) is 7.17. The number of nitro groups is 1. The summed E-state index contributed by atoms with van der Waals surface area (Å²) in [4.78, 5) is 23.8. The van der Waals surface area contributed by atoms with Crippen LogP contribution in [0.5, 0.6) is 0 Å². The number of benzene rings is 1. The number of carbonyl (C=O) groups is 1. The Labute approximate surface area is 141 Å². The van der Waals surface area contributed by atoms with E-state index in [1.54, 1.807) is 0 Å². The third-order valence-corrected chi connectivity index (χ3v) is 4.33. The van der Waals surface area contributed by atoms with Crippen LogP contribution in [0, 0.1) is 10.1 Å². The normalized spacial score (nSPS) is 18.6. The molecular weight excluding hydrogens is 341 g/mol. The molecular formula is C16H15F3N2O4. The molecule has 0 aromatic heterocycles. The van der Waals surface area contributed by atoms with Gasteiger partial charge in [0.25, 0.3) is 5.70 Å². The minimum Gasteiger partial charge on any atom is -0.478 e. The lowest BCUT2D eigenvalue weighted by Gasteiger charge is -2.32. The van der Waals surface area contributed by atoms with E-state index in [1.165, 1.54) is 31.9 Å². The van der Waals surface area contributed by atoms with Gasteiger partial charge in [0.15, 0.2) is 0 Å². The first kappa shape index (κ1) is 18.5. The van der Waals surface area contributed by atoms with Crippen molar-refractivity contribution in [1.82, 2.24) is 4.90 Å². The molecule has 0 radical (unpaired) electrons. The predicted molar refractivity (Wildman–Crippen MR) is 82.0 cm³/mol. The van der Waals surface area contributed by atoms with E-state index in [9.17, 15) is 33.2 Å². The molecule has 0 saturated heterocycles. The fourth-order valence-corrected chi connectivity index (χ4v) is 2.98. The van der Waals surface area contributed by atoms with E-state index in [2.05, 4.69) is 0 Å². The van der Waals surface area contributed by atoms with Crippen molar-refractivity contribution in [1.29, 1.82) is 0 Å². The van der Waals surface area contributed by atoms with E-state index >= 15 is 0 Å². The number of aliphatic carboxylic acids is 1. The number of rotatable bonds is 3. The van der Waals surface area contributed by atoms with Crippen LogP contribution >= 0.6 is 0 Å². The molecule has 9 heteroatoms. The molecule has 2 rings (SSSR count). The molecule has 1 N–H and O–H groups in total. The molecule has 1 atom stereocenters. The largest absolute Gasteiger partial charge is 0.478 e. The minimum absolute atomic E-state index is 0.0921. The van der Waals surface area contributed by atoms with E-state index in [0.29, 0.717) is 0 Å². The van der Waals surface area contributed by atoms with Crippen LogP contribution in [0.4, 0.5) is 13.2 Å². The lowest BCUT2D eigenvalue weighted by Crippen LogP contribution is -2.33. The first-order chi connectivity index (χ1) is 11.5. The Bertz CT molecular complexity index is 774. The maximum absolute atomic E-state index is 13.4. The number of halogens is 3. The number of nitrogens with zero attached hydrogens (tertiary/aromatic N) is 2. The monoisotopic (exact) mass is 356 g/mol. The van der Waals surface area contributed by atoms with Gasteiger partial charge in [0.2, 0.25) is 0 Å². The summed E-state index contributed by atoms with van der Waals surface area (Å²) in [5, 5.41) is 21.1. The van der Waals surface area contributed by atoms with Gasteiger partial charge in [0.1, 0.15) is 5.92 Å². The summed E-state index contributed by atoms with van der Waals surface area (Å²) in [5.41, 5.74) is -2.33. The van der Waals surface area contributed by atoms with Crippen molar-refractivity contribution >= 4 is 5.97 Å². The third-order valence-electron chi connectivity index (χ3n) is 4.33. The Balaban J connectivity index is 2.88. The predicted octanol–water partition coefficient (Wildman–Crippen LogP) is 3.60. The van der Waals surface area contributed by atoms with Crippen LogP contribution in [-0.2, 0) is 11.0 Å². The SMILES string of the molecule is CC1=C(C(=O)O)C(c2ccccc2C(F)(F)F)C([N+](=O)[O-])=C(C)N1C. The molecule has 6 nitrogen and oxygen atoms in total. The zero-order chi connectivity index (χ0) is 19.1. The van der Waals surface area contributed by atoms with Crippen LogP contribution in [0.2, 0.25) is 0 Å². The summed E-state index contributed by atoms with van der Waals surface area (Å²) >= 11 is 0. The van der Waals surface area contributed by atoms with Gasteiger partial charge >= 0.3 is 12.1 Å². The number of hydrogen-bond acceptors (Lipinski definition) is 4. The van der Waals surface area contributed by atoms with E-state index < -0.39 is 45.4 Å². The van der Waals surface area contributed by atoms with Crippen LogP contribution in [-0.4, -0.2) is 27.9 Å². The maximum atomic E-state index is 13.4. The molecule has 0 spiro atoms. The molecule has 25 heavy (non-hydrogen) atoms.